The van der Waals surface area contributed by atoms with Crippen molar-refractivity contribution in [1.29, 1.82) is 0 Å². The van der Waals surface area contributed by atoms with E-state index in [2.05, 4.69) is 22.5 Å². The van der Waals surface area contributed by atoms with E-state index < -0.39 is 0 Å². The van der Waals surface area contributed by atoms with Crippen LogP contribution in [-0.2, 0) is 0 Å². The lowest BCUT2D eigenvalue weighted by atomic mass is 10.2. The molecule has 1 aromatic rings. The number of anilines is 1. The highest BCUT2D eigenvalue weighted by Crippen LogP contribution is 2.08. The molecule has 0 fully saturated rings. The predicted molar refractivity (Wildman–Crippen MR) is 70.2 cm³/mol. The van der Waals surface area contributed by atoms with Crippen LogP contribution in [0.25, 0.3) is 0 Å². The summed E-state index contributed by atoms with van der Waals surface area (Å²) in [5, 5.41) is 6.10. The van der Waals surface area contributed by atoms with Gasteiger partial charge in [-0.25, -0.2) is 0 Å². The Morgan fingerprint density at radius 2 is 2.24 bits per heavy atom. The van der Waals surface area contributed by atoms with Crippen molar-refractivity contribution in [2.24, 2.45) is 0 Å². The summed E-state index contributed by atoms with van der Waals surface area (Å²) < 4.78 is 0. The number of pyridine rings is 1. The minimum absolute atomic E-state index is 0.106. The summed E-state index contributed by atoms with van der Waals surface area (Å²) in [5.74, 6) is -0.106. The van der Waals surface area contributed by atoms with Crippen LogP contribution >= 0.6 is 0 Å². The largest absolute Gasteiger partial charge is 0.385 e. The molecule has 1 rings (SSSR count). The Hall–Kier alpha value is -1.58. The second-order valence-corrected chi connectivity index (χ2v) is 4.12. The first-order chi connectivity index (χ1) is 8.17. The van der Waals surface area contributed by atoms with Crippen molar-refractivity contribution in [1.82, 2.24) is 10.3 Å². The zero-order chi connectivity index (χ0) is 12.7. The molecule has 0 radical (unpaired) electrons. The number of nitrogens with one attached hydrogen (secondary N) is 2. The lowest BCUT2D eigenvalue weighted by Gasteiger charge is -2.12. The smallest absolute Gasteiger partial charge is 0.270 e. The molecular weight excluding hydrogens is 214 g/mol. The third-order valence-corrected chi connectivity index (χ3v) is 2.47. The van der Waals surface area contributed by atoms with E-state index >= 15 is 0 Å². The van der Waals surface area contributed by atoms with Crippen molar-refractivity contribution in [3.8, 4) is 0 Å². The van der Waals surface area contributed by atoms with Crippen LogP contribution in [-0.4, -0.2) is 23.5 Å². The molecule has 2 N–H and O–H groups in total. The Balaban J connectivity index is 2.65. The average Bonchev–Trinajstić information content (AvgIpc) is 2.30. The van der Waals surface area contributed by atoms with Crippen LogP contribution in [0.2, 0.25) is 0 Å². The molecule has 0 saturated heterocycles. The molecule has 4 nitrogen and oxygen atoms in total. The normalized spacial score (nSPS) is 11.9. The molecule has 0 aliphatic heterocycles. The molecule has 0 aliphatic rings. The molecule has 17 heavy (non-hydrogen) atoms. The molecule has 0 aliphatic carbocycles. The lowest BCUT2D eigenvalue weighted by molar-refractivity contribution is 0.0933. The molecule has 1 amide bonds. The Morgan fingerprint density at radius 1 is 1.47 bits per heavy atom. The number of amides is 1. The SMILES string of the molecule is CCCC(C)NC(=O)c1cc(NCC)ccn1. The fourth-order valence-corrected chi connectivity index (χ4v) is 1.67. The highest BCUT2D eigenvalue weighted by molar-refractivity contribution is 5.93. The summed E-state index contributed by atoms with van der Waals surface area (Å²) in [6.45, 7) is 6.96. The number of aromatic nitrogens is 1. The van der Waals surface area contributed by atoms with E-state index in [1.165, 1.54) is 0 Å². The monoisotopic (exact) mass is 235 g/mol. The van der Waals surface area contributed by atoms with E-state index in [0.717, 1.165) is 25.1 Å². The van der Waals surface area contributed by atoms with Crippen LogP contribution in [0.3, 0.4) is 0 Å². The van der Waals surface area contributed by atoms with Crippen molar-refractivity contribution in [3.63, 3.8) is 0 Å². The minimum atomic E-state index is -0.106. The molecule has 1 atom stereocenters. The first-order valence-electron chi connectivity index (χ1n) is 6.18. The van der Waals surface area contributed by atoms with Gasteiger partial charge in [0.15, 0.2) is 0 Å². The second-order valence-electron chi connectivity index (χ2n) is 4.12. The van der Waals surface area contributed by atoms with E-state index in [-0.39, 0.29) is 11.9 Å². The Kier molecular flexibility index (Phi) is 5.46. The van der Waals surface area contributed by atoms with Gasteiger partial charge in [0.1, 0.15) is 5.69 Å². The third-order valence-electron chi connectivity index (χ3n) is 2.47. The molecule has 4 heteroatoms. The van der Waals surface area contributed by atoms with Crippen molar-refractivity contribution in [3.05, 3.63) is 24.0 Å². The first-order valence-corrected chi connectivity index (χ1v) is 6.18. The van der Waals surface area contributed by atoms with Crippen molar-refractivity contribution in [2.75, 3.05) is 11.9 Å². The van der Waals surface area contributed by atoms with Gasteiger partial charge >= 0.3 is 0 Å². The number of carbonyl (C=O) groups excluding carboxylic acids is 1. The lowest BCUT2D eigenvalue weighted by Crippen LogP contribution is -2.32. The van der Waals surface area contributed by atoms with Gasteiger partial charge in [0, 0.05) is 24.5 Å². The highest BCUT2D eigenvalue weighted by atomic mass is 16.1. The average molecular weight is 235 g/mol. The maximum Gasteiger partial charge on any atom is 0.270 e. The maximum atomic E-state index is 11.9. The van der Waals surface area contributed by atoms with Gasteiger partial charge in [0.2, 0.25) is 0 Å². The number of nitrogens with zero attached hydrogens (tertiary/aromatic N) is 1. The van der Waals surface area contributed by atoms with Crippen LogP contribution in [0.15, 0.2) is 18.3 Å². The molecule has 0 spiro atoms. The van der Waals surface area contributed by atoms with E-state index in [9.17, 15) is 4.79 Å². The zero-order valence-electron chi connectivity index (χ0n) is 10.8. The third kappa shape index (κ3) is 4.43. The fraction of sp³-hybridized carbons (Fsp3) is 0.538. The van der Waals surface area contributed by atoms with Gasteiger partial charge in [0.05, 0.1) is 0 Å². The van der Waals surface area contributed by atoms with E-state index in [4.69, 9.17) is 0 Å². The molecule has 1 unspecified atom stereocenters. The van der Waals surface area contributed by atoms with E-state index in [1.54, 1.807) is 12.3 Å². The molecule has 1 aromatic heterocycles. The standard InChI is InChI=1S/C13H21N3O/c1-4-6-10(3)16-13(17)12-9-11(14-5-2)7-8-15-12/h7-10H,4-6H2,1-3H3,(H,14,15)(H,16,17). The summed E-state index contributed by atoms with van der Waals surface area (Å²) in [7, 11) is 0. The van der Waals surface area contributed by atoms with Gasteiger partial charge in [-0.2, -0.15) is 0 Å². The fourth-order valence-electron chi connectivity index (χ4n) is 1.67. The van der Waals surface area contributed by atoms with Gasteiger partial charge < -0.3 is 10.6 Å². The van der Waals surface area contributed by atoms with Crippen LogP contribution in [0.1, 0.15) is 44.1 Å². The summed E-state index contributed by atoms with van der Waals surface area (Å²) in [4.78, 5) is 16.0. The van der Waals surface area contributed by atoms with Crippen molar-refractivity contribution < 1.29 is 4.79 Å². The number of hydrogen-bond donors (Lipinski definition) is 2. The summed E-state index contributed by atoms with van der Waals surface area (Å²) >= 11 is 0. The van der Waals surface area contributed by atoms with Crippen LogP contribution < -0.4 is 10.6 Å². The van der Waals surface area contributed by atoms with Gasteiger partial charge in [-0.3, -0.25) is 9.78 Å². The van der Waals surface area contributed by atoms with Crippen LogP contribution in [0, 0.1) is 0 Å². The van der Waals surface area contributed by atoms with E-state index in [0.29, 0.717) is 5.69 Å². The second kappa shape index (κ2) is 6.89. The molecular formula is C13H21N3O. The topological polar surface area (TPSA) is 54.0 Å². The zero-order valence-corrected chi connectivity index (χ0v) is 10.8. The van der Waals surface area contributed by atoms with Crippen LogP contribution in [0.5, 0.6) is 0 Å². The molecule has 0 saturated carbocycles. The minimum Gasteiger partial charge on any atom is -0.385 e. The van der Waals surface area contributed by atoms with Crippen LogP contribution in [0.4, 0.5) is 5.69 Å². The number of rotatable bonds is 6. The summed E-state index contributed by atoms with van der Waals surface area (Å²) in [6.07, 6.45) is 3.70. The molecule has 94 valence electrons. The highest BCUT2D eigenvalue weighted by Gasteiger charge is 2.10. The number of carbonyl (C=O) groups is 1. The predicted octanol–water partition coefficient (Wildman–Crippen LogP) is 2.43. The Bertz CT molecular complexity index is 365. The van der Waals surface area contributed by atoms with E-state index in [1.807, 2.05) is 19.9 Å². The Labute approximate surface area is 103 Å². The summed E-state index contributed by atoms with van der Waals surface area (Å²) in [6, 6.07) is 3.82. The van der Waals surface area contributed by atoms with Gasteiger partial charge in [-0.1, -0.05) is 13.3 Å². The van der Waals surface area contributed by atoms with Crippen molar-refractivity contribution in [2.45, 2.75) is 39.7 Å². The first kappa shape index (κ1) is 13.5. The molecule has 0 aromatic carbocycles. The molecule has 1 heterocycles. The number of hydrogen-bond acceptors (Lipinski definition) is 3. The maximum absolute atomic E-state index is 11.9. The van der Waals surface area contributed by atoms with Gasteiger partial charge in [-0.05, 0) is 32.4 Å². The van der Waals surface area contributed by atoms with Crippen molar-refractivity contribution >= 4 is 11.6 Å². The quantitative estimate of drug-likeness (QED) is 0.796. The Morgan fingerprint density at radius 3 is 2.88 bits per heavy atom. The molecule has 0 bridgehead atoms. The summed E-state index contributed by atoms with van der Waals surface area (Å²) in [5.41, 5.74) is 1.39. The van der Waals surface area contributed by atoms with Gasteiger partial charge in [-0.15, -0.1) is 0 Å². The van der Waals surface area contributed by atoms with Gasteiger partial charge in [0.25, 0.3) is 5.91 Å².